The van der Waals surface area contributed by atoms with Gasteiger partial charge in [0, 0.05) is 28.5 Å². The number of Topliss-reactive ketones (excluding diaryl/α,β-unsaturated/α-hetero) is 1. The molecule has 2 saturated heterocycles. The molecule has 10 heteroatoms. The lowest BCUT2D eigenvalue weighted by Crippen LogP contribution is -2.62. The summed E-state index contributed by atoms with van der Waals surface area (Å²) in [6, 6.07) is 13.9. The first-order valence-electron chi connectivity index (χ1n) is 13.5. The van der Waals surface area contributed by atoms with Crippen LogP contribution in [0.15, 0.2) is 54.6 Å². The quantitative estimate of drug-likeness (QED) is 0.459. The summed E-state index contributed by atoms with van der Waals surface area (Å²) >= 11 is 0. The van der Waals surface area contributed by atoms with Gasteiger partial charge in [0.1, 0.15) is 16.8 Å². The van der Waals surface area contributed by atoms with Gasteiger partial charge in [0.2, 0.25) is 11.7 Å². The Morgan fingerprint density at radius 1 is 0.902 bits per heavy atom. The average molecular weight is 558 g/mol. The first-order valence-corrected chi connectivity index (χ1v) is 13.5. The lowest BCUT2D eigenvalue weighted by molar-refractivity contribution is -0.137. The van der Waals surface area contributed by atoms with E-state index in [-0.39, 0.29) is 11.3 Å². The van der Waals surface area contributed by atoms with E-state index in [1.165, 1.54) is 39.5 Å². The first kappa shape index (κ1) is 25.5. The molecule has 2 spiro atoms. The number of ketones is 1. The number of carbonyl (C=O) groups excluding carboxylic acids is 3. The molecule has 0 unspecified atom stereocenters. The summed E-state index contributed by atoms with van der Waals surface area (Å²) in [6.07, 6.45) is 1.29. The summed E-state index contributed by atoms with van der Waals surface area (Å²) in [6.45, 7) is 0.463. The number of nitrogens with one attached hydrogen (secondary N) is 2. The molecule has 0 radical (unpaired) electrons. The maximum atomic E-state index is 14.9. The van der Waals surface area contributed by atoms with Gasteiger partial charge in [-0.2, -0.15) is 0 Å². The number of hydrogen-bond donors (Lipinski definition) is 2. The van der Waals surface area contributed by atoms with Crippen molar-refractivity contribution in [3.05, 3.63) is 77.1 Å². The van der Waals surface area contributed by atoms with Crippen molar-refractivity contribution in [2.45, 2.75) is 29.8 Å². The van der Waals surface area contributed by atoms with E-state index in [1.54, 1.807) is 36.4 Å². The van der Waals surface area contributed by atoms with Gasteiger partial charge in [0.25, 0.3) is 5.91 Å². The molecule has 4 aliphatic rings. The molecule has 3 aromatic rings. The highest BCUT2D eigenvalue weighted by Crippen LogP contribution is 2.68. The van der Waals surface area contributed by atoms with Crippen molar-refractivity contribution in [1.82, 2.24) is 4.90 Å². The summed E-state index contributed by atoms with van der Waals surface area (Å²) in [5.41, 5.74) is -1.22. The fraction of sp³-hybridized carbons (Fsp3) is 0.323. The van der Waals surface area contributed by atoms with E-state index in [1.807, 2.05) is 4.90 Å². The van der Waals surface area contributed by atoms with Crippen molar-refractivity contribution < 1.29 is 33.0 Å². The first-order chi connectivity index (χ1) is 19.8. The highest BCUT2D eigenvalue weighted by molar-refractivity contribution is 6.21. The lowest BCUT2D eigenvalue weighted by Gasteiger charge is -2.43. The Labute approximate surface area is 235 Å². The average Bonchev–Trinajstić information content (AvgIpc) is 3.70. The third-order valence-corrected chi connectivity index (χ3v) is 9.29. The summed E-state index contributed by atoms with van der Waals surface area (Å²) in [5, 5.41) is 5.90. The number of fused-ring (bicyclic) bond motifs is 7. The Morgan fingerprint density at radius 3 is 2.29 bits per heavy atom. The number of amides is 2. The van der Waals surface area contributed by atoms with Gasteiger partial charge >= 0.3 is 0 Å². The zero-order valence-electron chi connectivity index (χ0n) is 22.7. The molecule has 2 fully saturated rings. The third kappa shape index (κ3) is 2.95. The van der Waals surface area contributed by atoms with E-state index in [0.717, 1.165) is 0 Å². The van der Waals surface area contributed by atoms with Crippen LogP contribution in [-0.4, -0.2) is 56.4 Å². The molecule has 4 atom stereocenters. The number of benzene rings is 3. The highest BCUT2D eigenvalue weighted by Gasteiger charge is 2.81. The van der Waals surface area contributed by atoms with Gasteiger partial charge in [0.05, 0.1) is 27.2 Å². The zero-order valence-corrected chi connectivity index (χ0v) is 22.7. The van der Waals surface area contributed by atoms with Gasteiger partial charge in [-0.25, -0.2) is 4.39 Å². The second kappa shape index (κ2) is 8.78. The fourth-order valence-electron chi connectivity index (χ4n) is 7.95. The minimum atomic E-state index is -1.69. The van der Waals surface area contributed by atoms with Crippen LogP contribution in [0.3, 0.4) is 0 Å². The number of methoxy groups -OCH3 is 3. The van der Waals surface area contributed by atoms with Crippen LogP contribution in [0.25, 0.3) is 0 Å². The van der Waals surface area contributed by atoms with E-state index in [4.69, 9.17) is 14.2 Å². The van der Waals surface area contributed by atoms with E-state index in [2.05, 4.69) is 10.6 Å². The van der Waals surface area contributed by atoms with E-state index in [0.29, 0.717) is 59.1 Å². The van der Waals surface area contributed by atoms with E-state index in [9.17, 15) is 18.8 Å². The molecule has 0 aliphatic carbocycles. The van der Waals surface area contributed by atoms with Crippen molar-refractivity contribution in [3.8, 4) is 17.2 Å². The summed E-state index contributed by atoms with van der Waals surface area (Å²) < 4.78 is 31.5. The highest BCUT2D eigenvalue weighted by atomic mass is 19.1. The van der Waals surface area contributed by atoms with Crippen LogP contribution in [0.1, 0.15) is 34.3 Å². The normalized spacial score (nSPS) is 27.4. The van der Waals surface area contributed by atoms with E-state index < -0.39 is 40.5 Å². The molecule has 2 amide bonds. The van der Waals surface area contributed by atoms with Crippen LogP contribution in [0.4, 0.5) is 15.8 Å². The Hall–Kier alpha value is -4.44. The van der Waals surface area contributed by atoms with E-state index >= 15 is 0 Å². The van der Waals surface area contributed by atoms with Crippen molar-refractivity contribution in [2.75, 3.05) is 38.5 Å². The molecule has 2 N–H and O–H groups in total. The second-order valence-corrected chi connectivity index (χ2v) is 10.8. The smallest absolute Gasteiger partial charge is 0.251 e. The molecule has 7 rings (SSSR count). The monoisotopic (exact) mass is 557 g/mol. The molecule has 4 heterocycles. The number of rotatable bonds is 5. The van der Waals surface area contributed by atoms with Crippen LogP contribution in [-0.2, 0) is 20.5 Å². The Balaban J connectivity index is 1.55. The van der Waals surface area contributed by atoms with Crippen LogP contribution in [0.5, 0.6) is 17.2 Å². The van der Waals surface area contributed by atoms with Gasteiger partial charge in [-0.1, -0.05) is 18.2 Å². The third-order valence-electron chi connectivity index (χ3n) is 9.29. The largest absolute Gasteiger partial charge is 0.493 e. The lowest BCUT2D eigenvalue weighted by atomic mass is 9.57. The number of ether oxygens (including phenoxy) is 3. The Morgan fingerprint density at radius 2 is 1.59 bits per heavy atom. The number of anilines is 2. The summed E-state index contributed by atoms with van der Waals surface area (Å²) in [7, 11) is 4.40. The topological polar surface area (TPSA) is 106 Å². The maximum absolute atomic E-state index is 14.9. The predicted octanol–water partition coefficient (Wildman–Crippen LogP) is 3.87. The summed E-state index contributed by atoms with van der Waals surface area (Å²) in [5.74, 6) is -1.86. The van der Waals surface area contributed by atoms with Gasteiger partial charge < -0.3 is 24.8 Å². The van der Waals surface area contributed by atoms with Crippen LogP contribution in [0, 0.1) is 11.7 Å². The second-order valence-electron chi connectivity index (χ2n) is 10.8. The minimum Gasteiger partial charge on any atom is -0.493 e. The molecule has 0 aromatic heterocycles. The van der Waals surface area contributed by atoms with Crippen LogP contribution >= 0.6 is 0 Å². The number of para-hydroxylation sites is 1. The van der Waals surface area contributed by atoms with Crippen molar-refractivity contribution in [1.29, 1.82) is 0 Å². The number of hydrogen-bond acceptors (Lipinski definition) is 7. The van der Waals surface area contributed by atoms with Crippen molar-refractivity contribution >= 4 is 29.0 Å². The predicted molar refractivity (Wildman–Crippen MR) is 147 cm³/mol. The fourth-order valence-corrected chi connectivity index (χ4v) is 7.95. The zero-order chi connectivity index (χ0) is 28.7. The van der Waals surface area contributed by atoms with Gasteiger partial charge in [-0.15, -0.1) is 0 Å². The molecular weight excluding hydrogens is 529 g/mol. The van der Waals surface area contributed by atoms with Gasteiger partial charge in [-0.05, 0) is 61.3 Å². The Kier molecular flexibility index (Phi) is 5.46. The Bertz CT molecular complexity index is 1630. The number of carbonyl (C=O) groups is 3. The van der Waals surface area contributed by atoms with Crippen molar-refractivity contribution in [3.63, 3.8) is 0 Å². The van der Waals surface area contributed by atoms with Crippen LogP contribution in [0.2, 0.25) is 0 Å². The molecule has 0 bridgehead atoms. The molecule has 3 aromatic carbocycles. The van der Waals surface area contributed by atoms with Crippen molar-refractivity contribution in [2.24, 2.45) is 5.92 Å². The molecular formula is C31H28FN3O6. The van der Waals surface area contributed by atoms with Gasteiger partial charge in [0.15, 0.2) is 17.3 Å². The molecule has 4 aliphatic heterocycles. The molecule has 0 saturated carbocycles. The maximum Gasteiger partial charge on any atom is 0.251 e. The van der Waals surface area contributed by atoms with Gasteiger partial charge in [-0.3, -0.25) is 19.3 Å². The number of nitrogens with zero attached hydrogens (tertiary/aromatic N) is 1. The summed E-state index contributed by atoms with van der Waals surface area (Å²) in [4.78, 5) is 45.8. The molecule has 9 nitrogen and oxygen atoms in total. The van der Waals surface area contributed by atoms with Crippen LogP contribution < -0.4 is 24.8 Å². The standard InChI is InChI=1S/C31H28FN3O6/c1-39-23-13-16(14-24(40-2)27(23)41-3)26(36)25-22-9-6-12-35(22)31(19-15-17(32)10-11-21(19)34-29(31)38)30(25)18-7-4-5-8-20(18)33-28(30)37/h4-5,7-8,10-11,13-15,22,25H,6,9,12H2,1-3H3,(H,33,37)(H,34,38)/t22-,25-,30-,31+/m0/s1. The minimum absolute atomic E-state index is 0.253. The SMILES string of the molecule is COc1cc(C(=O)[C@@H]2[C@@H]3CCCN3[C@]3(C(=O)Nc4ccc(F)cc43)[C@]23C(=O)Nc2ccccc23)cc(OC)c1OC. The molecule has 210 valence electrons. The molecule has 41 heavy (non-hydrogen) atoms. The number of halogens is 1.